The van der Waals surface area contributed by atoms with Crippen LogP contribution in [0.3, 0.4) is 0 Å². The molecule has 0 heterocycles. The van der Waals surface area contributed by atoms with Crippen LogP contribution in [0, 0.1) is 0 Å². The summed E-state index contributed by atoms with van der Waals surface area (Å²) in [5, 5.41) is 4.02. The molecule has 0 aliphatic carbocycles. The van der Waals surface area contributed by atoms with Gasteiger partial charge < -0.3 is 23.7 Å². The number of carbonyl (C=O) groups is 1. The molecule has 44 heavy (non-hydrogen) atoms. The molecule has 11 nitrogen and oxygen atoms in total. The Balaban J connectivity index is 1.50. The minimum atomic E-state index is -4.23. The Morgan fingerprint density at radius 2 is 1.43 bits per heavy atom. The average molecular weight is 620 g/mol. The lowest BCUT2D eigenvalue weighted by Crippen LogP contribution is -2.39. The van der Waals surface area contributed by atoms with E-state index in [-0.39, 0.29) is 16.3 Å². The van der Waals surface area contributed by atoms with Crippen LogP contribution in [-0.4, -0.2) is 55.5 Å². The molecule has 0 spiro atoms. The van der Waals surface area contributed by atoms with Crippen LogP contribution in [0.5, 0.6) is 28.7 Å². The third-order valence-corrected chi connectivity index (χ3v) is 8.19. The number of ether oxygens (including phenoxy) is 5. The highest BCUT2D eigenvalue weighted by molar-refractivity contribution is 7.92. The molecule has 4 aromatic rings. The molecule has 0 aliphatic rings. The predicted molar refractivity (Wildman–Crippen MR) is 167 cm³/mol. The van der Waals surface area contributed by atoms with Gasteiger partial charge in [-0.2, -0.15) is 5.10 Å². The van der Waals surface area contributed by atoms with Crippen molar-refractivity contribution in [2.45, 2.75) is 11.5 Å². The van der Waals surface area contributed by atoms with Crippen molar-refractivity contribution in [3.63, 3.8) is 0 Å². The first-order valence-corrected chi connectivity index (χ1v) is 14.8. The number of nitrogens with one attached hydrogen (secondary N) is 1. The Morgan fingerprint density at radius 1 is 0.773 bits per heavy atom. The van der Waals surface area contributed by atoms with E-state index in [9.17, 15) is 13.2 Å². The highest BCUT2D eigenvalue weighted by Gasteiger charge is 2.28. The van der Waals surface area contributed by atoms with E-state index in [0.717, 1.165) is 9.87 Å². The van der Waals surface area contributed by atoms with Gasteiger partial charge in [-0.05, 0) is 65.7 Å². The third-order valence-electron chi connectivity index (χ3n) is 6.42. The number of sulfonamides is 1. The maximum Gasteiger partial charge on any atom is 0.264 e. The van der Waals surface area contributed by atoms with Gasteiger partial charge in [0.15, 0.2) is 23.0 Å². The van der Waals surface area contributed by atoms with Crippen LogP contribution in [0.4, 0.5) is 5.69 Å². The van der Waals surface area contributed by atoms with Gasteiger partial charge in [0.25, 0.3) is 15.9 Å². The van der Waals surface area contributed by atoms with Crippen molar-refractivity contribution in [1.82, 2.24) is 5.43 Å². The van der Waals surface area contributed by atoms with E-state index < -0.39 is 22.5 Å². The lowest BCUT2D eigenvalue weighted by atomic mass is 10.2. The fourth-order valence-corrected chi connectivity index (χ4v) is 5.57. The van der Waals surface area contributed by atoms with Gasteiger partial charge in [-0.25, -0.2) is 13.8 Å². The molecular formula is C32H33N3O8S. The second-order valence-corrected chi connectivity index (χ2v) is 11.1. The minimum absolute atomic E-state index is 0.0936. The van der Waals surface area contributed by atoms with E-state index in [1.165, 1.54) is 52.9 Å². The van der Waals surface area contributed by atoms with Gasteiger partial charge in [0.1, 0.15) is 18.9 Å². The SMILES string of the molecule is COc1ccc(N(CC(=O)N/N=C\c2ccc(OCc3ccccc3)c(OC)c2)S(=O)(=O)c2ccc(OC)c(OC)c2)cc1. The summed E-state index contributed by atoms with van der Waals surface area (Å²) in [6.45, 7) is -0.187. The molecule has 0 unspecified atom stereocenters. The maximum absolute atomic E-state index is 13.8. The summed E-state index contributed by atoms with van der Waals surface area (Å²) in [6, 6.07) is 25.4. The highest BCUT2D eigenvalue weighted by atomic mass is 32.2. The zero-order chi connectivity index (χ0) is 31.5. The van der Waals surface area contributed by atoms with Crippen molar-refractivity contribution in [2.24, 2.45) is 5.10 Å². The monoisotopic (exact) mass is 619 g/mol. The molecule has 0 saturated heterocycles. The van der Waals surface area contributed by atoms with Crippen molar-refractivity contribution in [3.05, 3.63) is 102 Å². The summed E-state index contributed by atoms with van der Waals surface area (Å²) in [6.07, 6.45) is 1.42. The van der Waals surface area contributed by atoms with E-state index in [4.69, 9.17) is 23.7 Å². The number of rotatable bonds is 14. The number of amides is 1. The Kier molecular flexibility index (Phi) is 10.7. The number of hydrazone groups is 1. The summed E-state index contributed by atoms with van der Waals surface area (Å²) in [4.78, 5) is 12.9. The summed E-state index contributed by atoms with van der Waals surface area (Å²) in [7, 11) is 1.65. The molecule has 0 aliphatic heterocycles. The molecule has 4 rings (SSSR count). The highest BCUT2D eigenvalue weighted by Crippen LogP contribution is 2.33. The molecule has 0 saturated carbocycles. The van der Waals surface area contributed by atoms with Crippen LogP contribution in [0.15, 0.2) is 101 Å². The Bertz CT molecular complexity index is 1690. The first-order chi connectivity index (χ1) is 21.3. The normalized spacial score (nSPS) is 11.1. The Hall–Kier alpha value is -5.23. The van der Waals surface area contributed by atoms with E-state index in [1.54, 1.807) is 42.5 Å². The number of hydrogen-bond donors (Lipinski definition) is 1. The molecule has 0 atom stereocenters. The zero-order valence-corrected chi connectivity index (χ0v) is 25.5. The molecule has 230 valence electrons. The number of anilines is 1. The van der Waals surface area contributed by atoms with Gasteiger partial charge in [0.2, 0.25) is 0 Å². The van der Waals surface area contributed by atoms with Gasteiger partial charge in [0, 0.05) is 6.07 Å². The van der Waals surface area contributed by atoms with Gasteiger partial charge in [-0.3, -0.25) is 9.10 Å². The van der Waals surface area contributed by atoms with E-state index >= 15 is 0 Å². The molecule has 4 aromatic carbocycles. The van der Waals surface area contributed by atoms with Gasteiger partial charge in [0.05, 0.1) is 45.2 Å². The van der Waals surface area contributed by atoms with Crippen LogP contribution in [0.2, 0.25) is 0 Å². The van der Waals surface area contributed by atoms with Crippen LogP contribution in [-0.2, 0) is 21.4 Å². The number of methoxy groups -OCH3 is 4. The first-order valence-electron chi connectivity index (χ1n) is 13.3. The molecule has 1 amide bonds. The lowest BCUT2D eigenvalue weighted by molar-refractivity contribution is -0.119. The second kappa shape index (κ2) is 14.8. The number of nitrogens with zero attached hydrogens (tertiary/aromatic N) is 2. The Labute approximate surface area is 256 Å². The average Bonchev–Trinajstić information content (AvgIpc) is 3.06. The number of carbonyl (C=O) groups excluding carboxylic acids is 1. The standard InChI is InChI=1S/C32H33N3O8S/c1-39-26-13-11-25(12-14-26)35(44(37,38)27-15-17-28(40-2)31(19-27)42-4)21-32(36)34-33-20-24-10-16-29(30(18-24)41-3)43-22-23-8-6-5-7-9-23/h5-20H,21-22H2,1-4H3,(H,34,36)/b33-20-. The fraction of sp³-hybridized carbons (Fsp3) is 0.188. The van der Waals surface area contributed by atoms with Crippen LogP contribution < -0.4 is 33.4 Å². The topological polar surface area (TPSA) is 125 Å². The van der Waals surface area contributed by atoms with Crippen molar-refractivity contribution < 1.29 is 36.9 Å². The Morgan fingerprint density at radius 3 is 2.09 bits per heavy atom. The summed E-state index contributed by atoms with van der Waals surface area (Å²) >= 11 is 0. The molecular weight excluding hydrogens is 586 g/mol. The van der Waals surface area contributed by atoms with Crippen LogP contribution in [0.25, 0.3) is 0 Å². The molecule has 0 radical (unpaired) electrons. The predicted octanol–water partition coefficient (Wildman–Crippen LogP) is 4.65. The van der Waals surface area contributed by atoms with Crippen molar-refractivity contribution >= 4 is 27.8 Å². The largest absolute Gasteiger partial charge is 0.497 e. The quantitative estimate of drug-likeness (QED) is 0.160. The number of hydrogen-bond acceptors (Lipinski definition) is 9. The summed E-state index contributed by atoms with van der Waals surface area (Å²) < 4.78 is 55.6. The van der Waals surface area contributed by atoms with Gasteiger partial charge in [-0.15, -0.1) is 0 Å². The molecule has 0 aromatic heterocycles. The molecule has 12 heteroatoms. The third kappa shape index (κ3) is 7.78. The molecule has 1 N–H and O–H groups in total. The first kappa shape index (κ1) is 31.7. The second-order valence-electron chi connectivity index (χ2n) is 9.20. The molecule has 0 fully saturated rings. The number of benzene rings is 4. The lowest BCUT2D eigenvalue weighted by Gasteiger charge is -2.24. The zero-order valence-electron chi connectivity index (χ0n) is 24.7. The van der Waals surface area contributed by atoms with Crippen molar-refractivity contribution in [2.75, 3.05) is 39.3 Å². The van der Waals surface area contributed by atoms with Gasteiger partial charge >= 0.3 is 0 Å². The summed E-state index contributed by atoms with van der Waals surface area (Å²) in [5.41, 5.74) is 4.28. The van der Waals surface area contributed by atoms with E-state index in [1.807, 2.05) is 30.3 Å². The van der Waals surface area contributed by atoms with Crippen LogP contribution >= 0.6 is 0 Å². The van der Waals surface area contributed by atoms with Crippen molar-refractivity contribution in [1.29, 1.82) is 0 Å². The minimum Gasteiger partial charge on any atom is -0.497 e. The van der Waals surface area contributed by atoms with Crippen molar-refractivity contribution in [3.8, 4) is 28.7 Å². The van der Waals surface area contributed by atoms with Gasteiger partial charge in [-0.1, -0.05) is 30.3 Å². The molecule has 0 bridgehead atoms. The maximum atomic E-state index is 13.8. The van der Waals surface area contributed by atoms with E-state index in [2.05, 4.69) is 10.5 Å². The van der Waals surface area contributed by atoms with Crippen LogP contribution in [0.1, 0.15) is 11.1 Å². The smallest absolute Gasteiger partial charge is 0.264 e. The van der Waals surface area contributed by atoms with E-state index in [0.29, 0.717) is 35.2 Å². The fourth-order valence-electron chi connectivity index (χ4n) is 4.13. The summed E-state index contributed by atoms with van der Waals surface area (Å²) in [5.74, 6) is 1.48.